The maximum Gasteiger partial charge on any atom is 0.120 e. The molecular weight excluding hydrogens is 298 g/mol. The monoisotopic (exact) mass is 325 g/mol. The average Bonchev–Trinajstić information content (AvgIpc) is 2.45. The highest BCUT2D eigenvalue weighted by Crippen LogP contribution is 2.39. The molecule has 118 valence electrons. The van der Waals surface area contributed by atoms with Crippen molar-refractivity contribution in [3.05, 3.63) is 29.8 Å². The predicted octanol–water partition coefficient (Wildman–Crippen LogP) is 4.36. The van der Waals surface area contributed by atoms with E-state index in [4.69, 9.17) is 4.74 Å². The number of hydrogen-bond donors (Lipinski definition) is 1. The first-order valence-corrected chi connectivity index (χ1v) is 9.94. The second-order valence-electron chi connectivity index (χ2n) is 5.69. The van der Waals surface area contributed by atoms with Crippen LogP contribution in [0, 0.1) is 0 Å². The fourth-order valence-electron chi connectivity index (χ4n) is 2.71. The molecule has 1 saturated heterocycles. The highest BCUT2D eigenvalue weighted by Gasteiger charge is 2.31. The van der Waals surface area contributed by atoms with Crippen LogP contribution >= 0.6 is 23.5 Å². The first-order valence-electron chi connectivity index (χ1n) is 7.85. The Balaban J connectivity index is 2.20. The van der Waals surface area contributed by atoms with Gasteiger partial charge >= 0.3 is 0 Å². The maximum atomic E-state index is 5.86. The number of benzene rings is 1. The molecule has 3 atom stereocenters. The van der Waals surface area contributed by atoms with Gasteiger partial charge in [0, 0.05) is 28.0 Å². The Kier molecular flexibility index (Phi) is 6.77. The Morgan fingerprint density at radius 3 is 2.71 bits per heavy atom. The van der Waals surface area contributed by atoms with Crippen molar-refractivity contribution < 1.29 is 4.74 Å². The smallest absolute Gasteiger partial charge is 0.120 e. The number of hydrogen-bond acceptors (Lipinski definition) is 4. The molecule has 1 aromatic carbocycles. The molecule has 0 aromatic heterocycles. The van der Waals surface area contributed by atoms with E-state index in [2.05, 4.69) is 80.8 Å². The molecule has 2 nitrogen and oxygen atoms in total. The molecule has 0 aliphatic carbocycles. The average molecular weight is 326 g/mol. The molecule has 4 heteroatoms. The first kappa shape index (κ1) is 17.0. The van der Waals surface area contributed by atoms with Crippen molar-refractivity contribution >= 4 is 23.5 Å². The summed E-state index contributed by atoms with van der Waals surface area (Å²) in [5.74, 6) is 3.51. The molecule has 0 saturated carbocycles. The molecule has 3 unspecified atom stereocenters. The van der Waals surface area contributed by atoms with E-state index >= 15 is 0 Å². The van der Waals surface area contributed by atoms with Crippen molar-refractivity contribution in [1.82, 2.24) is 5.32 Å². The molecule has 1 aliphatic rings. The van der Waals surface area contributed by atoms with Gasteiger partial charge in [-0.2, -0.15) is 23.5 Å². The van der Waals surface area contributed by atoms with Crippen molar-refractivity contribution in [1.29, 1.82) is 0 Å². The Morgan fingerprint density at radius 2 is 2.05 bits per heavy atom. The molecule has 0 bridgehead atoms. The lowest BCUT2D eigenvalue weighted by Gasteiger charge is -2.35. The summed E-state index contributed by atoms with van der Waals surface area (Å²) in [7, 11) is 0. The van der Waals surface area contributed by atoms with Gasteiger partial charge in [0.25, 0.3) is 0 Å². The van der Waals surface area contributed by atoms with E-state index < -0.39 is 0 Å². The molecule has 2 rings (SSSR count). The van der Waals surface area contributed by atoms with Crippen LogP contribution in [0.4, 0.5) is 0 Å². The topological polar surface area (TPSA) is 21.3 Å². The Morgan fingerprint density at radius 1 is 1.29 bits per heavy atom. The normalized spacial score (nSPS) is 24.0. The zero-order valence-corrected chi connectivity index (χ0v) is 15.1. The van der Waals surface area contributed by atoms with E-state index in [0.29, 0.717) is 16.5 Å². The molecule has 0 amide bonds. The van der Waals surface area contributed by atoms with Gasteiger partial charge in [0.2, 0.25) is 0 Å². The van der Waals surface area contributed by atoms with Gasteiger partial charge in [-0.3, -0.25) is 0 Å². The Labute approximate surface area is 137 Å². The van der Waals surface area contributed by atoms with Crippen LogP contribution in [0.5, 0.6) is 5.75 Å². The SMILES string of the molecule is CCNC(c1cccc(OC(C)C)c1)C1SCCSC1C. The molecule has 1 fully saturated rings. The summed E-state index contributed by atoms with van der Waals surface area (Å²) < 4.78 is 5.86. The summed E-state index contributed by atoms with van der Waals surface area (Å²) in [6.45, 7) is 9.69. The summed E-state index contributed by atoms with van der Waals surface area (Å²) in [6.07, 6.45) is 0.219. The van der Waals surface area contributed by atoms with Crippen LogP contribution in [0.25, 0.3) is 0 Å². The van der Waals surface area contributed by atoms with E-state index in [0.717, 1.165) is 12.3 Å². The number of nitrogens with one attached hydrogen (secondary N) is 1. The van der Waals surface area contributed by atoms with Crippen molar-refractivity contribution in [3.8, 4) is 5.75 Å². The zero-order valence-electron chi connectivity index (χ0n) is 13.5. The molecule has 1 aliphatic heterocycles. The Bertz CT molecular complexity index is 439. The van der Waals surface area contributed by atoms with Gasteiger partial charge in [-0.25, -0.2) is 0 Å². The number of rotatable bonds is 6. The van der Waals surface area contributed by atoms with E-state index in [1.54, 1.807) is 0 Å². The van der Waals surface area contributed by atoms with Crippen molar-refractivity contribution in [3.63, 3.8) is 0 Å². The minimum Gasteiger partial charge on any atom is -0.491 e. The van der Waals surface area contributed by atoms with Crippen molar-refractivity contribution in [2.24, 2.45) is 0 Å². The highest BCUT2D eigenvalue weighted by atomic mass is 32.2. The van der Waals surface area contributed by atoms with Gasteiger partial charge < -0.3 is 10.1 Å². The lowest BCUT2D eigenvalue weighted by molar-refractivity contribution is 0.242. The van der Waals surface area contributed by atoms with Gasteiger partial charge in [0.15, 0.2) is 0 Å². The van der Waals surface area contributed by atoms with Crippen LogP contribution in [0.2, 0.25) is 0 Å². The van der Waals surface area contributed by atoms with Crippen LogP contribution < -0.4 is 10.1 Å². The fraction of sp³-hybridized carbons (Fsp3) is 0.647. The largest absolute Gasteiger partial charge is 0.491 e. The summed E-state index contributed by atoms with van der Waals surface area (Å²) in [5.41, 5.74) is 1.35. The molecule has 1 N–H and O–H groups in total. The van der Waals surface area contributed by atoms with E-state index in [1.165, 1.54) is 17.1 Å². The quantitative estimate of drug-likeness (QED) is 0.838. The number of ether oxygens (including phenoxy) is 1. The minimum atomic E-state index is 0.219. The zero-order chi connectivity index (χ0) is 15.2. The third-order valence-electron chi connectivity index (χ3n) is 3.58. The Hall–Kier alpha value is -0.320. The summed E-state index contributed by atoms with van der Waals surface area (Å²) >= 11 is 4.21. The van der Waals surface area contributed by atoms with Crippen LogP contribution in [-0.2, 0) is 0 Å². The third-order valence-corrected chi connectivity index (χ3v) is 6.77. The summed E-state index contributed by atoms with van der Waals surface area (Å²) in [6, 6.07) is 9.01. The second-order valence-corrected chi connectivity index (χ2v) is 8.46. The second kappa shape index (κ2) is 8.35. The third kappa shape index (κ3) is 4.83. The van der Waals surface area contributed by atoms with Crippen molar-refractivity contribution in [2.75, 3.05) is 18.1 Å². The molecule has 0 spiro atoms. The van der Waals surface area contributed by atoms with E-state index in [-0.39, 0.29) is 6.10 Å². The van der Waals surface area contributed by atoms with Crippen molar-refractivity contribution in [2.45, 2.75) is 50.3 Å². The van der Waals surface area contributed by atoms with Gasteiger partial charge in [-0.05, 0) is 38.1 Å². The molecular formula is C17H27NOS2. The predicted molar refractivity (Wildman–Crippen MR) is 96.8 cm³/mol. The minimum absolute atomic E-state index is 0.219. The van der Waals surface area contributed by atoms with Crippen LogP contribution in [-0.4, -0.2) is 34.7 Å². The van der Waals surface area contributed by atoms with Gasteiger partial charge in [-0.1, -0.05) is 26.0 Å². The van der Waals surface area contributed by atoms with Gasteiger partial charge in [0.1, 0.15) is 5.75 Å². The van der Waals surface area contributed by atoms with Crippen LogP contribution in [0.15, 0.2) is 24.3 Å². The van der Waals surface area contributed by atoms with E-state index in [1.807, 2.05) is 0 Å². The summed E-state index contributed by atoms with van der Waals surface area (Å²) in [5, 5.41) is 5.00. The molecule has 21 heavy (non-hydrogen) atoms. The van der Waals surface area contributed by atoms with Crippen LogP contribution in [0.3, 0.4) is 0 Å². The fourth-order valence-corrected chi connectivity index (χ4v) is 5.66. The number of thioether (sulfide) groups is 2. The van der Waals surface area contributed by atoms with Crippen LogP contribution in [0.1, 0.15) is 39.3 Å². The summed E-state index contributed by atoms with van der Waals surface area (Å²) in [4.78, 5) is 0. The highest BCUT2D eigenvalue weighted by molar-refractivity contribution is 8.07. The van der Waals surface area contributed by atoms with Gasteiger partial charge in [0.05, 0.1) is 6.10 Å². The molecule has 1 aromatic rings. The lowest BCUT2D eigenvalue weighted by Crippen LogP contribution is -2.37. The molecule has 0 radical (unpaired) electrons. The van der Waals surface area contributed by atoms with Gasteiger partial charge in [-0.15, -0.1) is 0 Å². The standard InChI is InChI=1S/C17H27NOS2/c1-5-18-16(17-13(4)20-9-10-21-17)14-7-6-8-15(11-14)19-12(2)3/h6-8,11-13,16-18H,5,9-10H2,1-4H3. The van der Waals surface area contributed by atoms with E-state index in [9.17, 15) is 0 Å². The molecule has 1 heterocycles. The maximum absolute atomic E-state index is 5.86. The first-order chi connectivity index (χ1) is 10.1. The lowest BCUT2D eigenvalue weighted by atomic mass is 10.0.